The standard InChI is InChI=1S/C9H14FN3/c1-7(2)3-4-11-9-12-5-8(10)6-13-9/h5-7H,3-4H2,1-2H3,(H,11,12,13). The van der Waals surface area contributed by atoms with Gasteiger partial charge in [-0.15, -0.1) is 0 Å². The second-order valence-electron chi connectivity index (χ2n) is 3.33. The average molecular weight is 183 g/mol. The zero-order valence-corrected chi connectivity index (χ0v) is 7.92. The van der Waals surface area contributed by atoms with E-state index in [0.29, 0.717) is 11.9 Å². The van der Waals surface area contributed by atoms with Gasteiger partial charge in [0.2, 0.25) is 5.95 Å². The van der Waals surface area contributed by atoms with Crippen LogP contribution in [0.15, 0.2) is 12.4 Å². The van der Waals surface area contributed by atoms with E-state index in [4.69, 9.17) is 0 Å². The lowest BCUT2D eigenvalue weighted by atomic mass is 10.1. The Balaban J connectivity index is 2.33. The largest absolute Gasteiger partial charge is 0.354 e. The van der Waals surface area contributed by atoms with Crippen molar-refractivity contribution in [1.82, 2.24) is 9.97 Å². The molecule has 0 radical (unpaired) electrons. The number of nitrogens with one attached hydrogen (secondary N) is 1. The van der Waals surface area contributed by atoms with E-state index in [0.717, 1.165) is 25.4 Å². The minimum atomic E-state index is -0.408. The van der Waals surface area contributed by atoms with Crippen molar-refractivity contribution in [2.45, 2.75) is 20.3 Å². The molecule has 0 aliphatic heterocycles. The van der Waals surface area contributed by atoms with E-state index in [1.165, 1.54) is 0 Å². The number of rotatable bonds is 4. The summed E-state index contributed by atoms with van der Waals surface area (Å²) in [6.45, 7) is 5.11. The fraction of sp³-hybridized carbons (Fsp3) is 0.556. The van der Waals surface area contributed by atoms with Gasteiger partial charge in [0.15, 0.2) is 5.82 Å². The highest BCUT2D eigenvalue weighted by Crippen LogP contribution is 2.01. The molecule has 0 aliphatic carbocycles. The van der Waals surface area contributed by atoms with Crippen molar-refractivity contribution in [2.75, 3.05) is 11.9 Å². The van der Waals surface area contributed by atoms with E-state index in [1.54, 1.807) is 0 Å². The summed E-state index contributed by atoms with van der Waals surface area (Å²) >= 11 is 0. The first kappa shape index (κ1) is 9.89. The summed E-state index contributed by atoms with van der Waals surface area (Å²) < 4.78 is 12.4. The molecule has 0 saturated heterocycles. The molecule has 1 aromatic rings. The Kier molecular flexibility index (Phi) is 3.61. The molecule has 3 nitrogen and oxygen atoms in total. The van der Waals surface area contributed by atoms with Gasteiger partial charge in [-0.2, -0.15) is 0 Å². The van der Waals surface area contributed by atoms with Crippen LogP contribution in [0.25, 0.3) is 0 Å². The lowest BCUT2D eigenvalue weighted by molar-refractivity contribution is 0.601. The fourth-order valence-electron chi connectivity index (χ4n) is 0.876. The van der Waals surface area contributed by atoms with Crippen LogP contribution in [-0.2, 0) is 0 Å². The maximum atomic E-state index is 12.4. The summed E-state index contributed by atoms with van der Waals surface area (Å²) in [4.78, 5) is 7.56. The Labute approximate surface area is 77.4 Å². The SMILES string of the molecule is CC(C)CCNc1ncc(F)cn1. The van der Waals surface area contributed by atoms with Crippen LogP contribution in [-0.4, -0.2) is 16.5 Å². The van der Waals surface area contributed by atoms with E-state index in [1.807, 2.05) is 0 Å². The number of hydrogen-bond donors (Lipinski definition) is 1. The Bertz CT molecular complexity index is 246. The molecule has 0 fully saturated rings. The summed E-state index contributed by atoms with van der Waals surface area (Å²) in [5, 5.41) is 3.01. The Hall–Kier alpha value is -1.19. The van der Waals surface area contributed by atoms with Gasteiger partial charge < -0.3 is 5.32 Å². The maximum absolute atomic E-state index is 12.4. The molecule has 13 heavy (non-hydrogen) atoms. The van der Waals surface area contributed by atoms with Crippen molar-refractivity contribution in [3.63, 3.8) is 0 Å². The molecule has 1 heterocycles. The Morgan fingerprint density at radius 1 is 1.38 bits per heavy atom. The molecule has 0 aromatic carbocycles. The average Bonchev–Trinajstić information content (AvgIpc) is 2.08. The molecule has 1 rings (SSSR count). The monoisotopic (exact) mass is 183 g/mol. The maximum Gasteiger partial charge on any atom is 0.222 e. The van der Waals surface area contributed by atoms with Gasteiger partial charge in [0.05, 0.1) is 12.4 Å². The van der Waals surface area contributed by atoms with E-state index in [-0.39, 0.29) is 0 Å². The zero-order chi connectivity index (χ0) is 9.68. The van der Waals surface area contributed by atoms with Gasteiger partial charge in [-0.25, -0.2) is 14.4 Å². The number of anilines is 1. The Morgan fingerprint density at radius 2 is 2.00 bits per heavy atom. The Morgan fingerprint density at radius 3 is 2.54 bits per heavy atom. The first-order valence-corrected chi connectivity index (χ1v) is 4.40. The van der Waals surface area contributed by atoms with Crippen LogP contribution in [0.5, 0.6) is 0 Å². The second-order valence-corrected chi connectivity index (χ2v) is 3.33. The van der Waals surface area contributed by atoms with Gasteiger partial charge in [-0.1, -0.05) is 13.8 Å². The lowest BCUT2D eigenvalue weighted by Gasteiger charge is -2.05. The van der Waals surface area contributed by atoms with Crippen LogP contribution in [0.2, 0.25) is 0 Å². The normalized spacial score (nSPS) is 10.5. The van der Waals surface area contributed by atoms with E-state index in [9.17, 15) is 4.39 Å². The van der Waals surface area contributed by atoms with Crippen LogP contribution in [0, 0.1) is 11.7 Å². The van der Waals surface area contributed by atoms with Gasteiger partial charge in [0, 0.05) is 6.54 Å². The van der Waals surface area contributed by atoms with Crippen LogP contribution in [0.1, 0.15) is 20.3 Å². The molecule has 0 amide bonds. The molecule has 4 heteroatoms. The second kappa shape index (κ2) is 4.74. The van der Waals surface area contributed by atoms with Crippen molar-refractivity contribution in [2.24, 2.45) is 5.92 Å². The van der Waals surface area contributed by atoms with Crippen molar-refractivity contribution < 1.29 is 4.39 Å². The van der Waals surface area contributed by atoms with Gasteiger partial charge in [-0.05, 0) is 12.3 Å². The summed E-state index contributed by atoms with van der Waals surface area (Å²) in [5.74, 6) is 0.726. The highest BCUT2D eigenvalue weighted by Gasteiger charge is 1.97. The highest BCUT2D eigenvalue weighted by atomic mass is 19.1. The number of aromatic nitrogens is 2. The molecule has 0 bridgehead atoms. The number of hydrogen-bond acceptors (Lipinski definition) is 3. The minimum Gasteiger partial charge on any atom is -0.354 e. The van der Waals surface area contributed by atoms with E-state index in [2.05, 4.69) is 29.1 Å². The van der Waals surface area contributed by atoms with Gasteiger partial charge in [0.1, 0.15) is 0 Å². The number of nitrogens with zero attached hydrogens (tertiary/aromatic N) is 2. The lowest BCUT2D eigenvalue weighted by Crippen LogP contribution is -2.07. The topological polar surface area (TPSA) is 37.8 Å². The van der Waals surface area contributed by atoms with Crippen LogP contribution in [0.3, 0.4) is 0 Å². The van der Waals surface area contributed by atoms with Gasteiger partial charge >= 0.3 is 0 Å². The molecular weight excluding hydrogens is 169 g/mol. The fourth-order valence-corrected chi connectivity index (χ4v) is 0.876. The van der Waals surface area contributed by atoms with Gasteiger partial charge in [0.25, 0.3) is 0 Å². The van der Waals surface area contributed by atoms with Crippen LogP contribution in [0.4, 0.5) is 10.3 Å². The third-order valence-corrected chi connectivity index (χ3v) is 1.63. The molecular formula is C9H14FN3. The molecule has 0 aliphatic rings. The zero-order valence-electron chi connectivity index (χ0n) is 7.92. The molecule has 1 N–H and O–H groups in total. The molecule has 0 atom stereocenters. The smallest absolute Gasteiger partial charge is 0.222 e. The quantitative estimate of drug-likeness (QED) is 0.776. The molecule has 72 valence electrons. The van der Waals surface area contributed by atoms with E-state index >= 15 is 0 Å². The highest BCUT2D eigenvalue weighted by molar-refractivity contribution is 5.21. The summed E-state index contributed by atoms with van der Waals surface area (Å²) in [7, 11) is 0. The summed E-state index contributed by atoms with van der Waals surface area (Å²) in [5.41, 5.74) is 0. The number of halogens is 1. The van der Waals surface area contributed by atoms with Crippen LogP contribution < -0.4 is 5.32 Å². The van der Waals surface area contributed by atoms with Crippen molar-refractivity contribution in [1.29, 1.82) is 0 Å². The predicted octanol–water partition coefficient (Wildman–Crippen LogP) is 2.07. The third kappa shape index (κ3) is 3.83. The first-order valence-electron chi connectivity index (χ1n) is 4.40. The molecule has 1 aromatic heterocycles. The molecule has 0 unspecified atom stereocenters. The minimum absolute atomic E-state index is 0.408. The first-order chi connectivity index (χ1) is 6.18. The van der Waals surface area contributed by atoms with Crippen molar-refractivity contribution in [3.8, 4) is 0 Å². The predicted molar refractivity (Wildman–Crippen MR) is 49.9 cm³/mol. The van der Waals surface area contributed by atoms with E-state index < -0.39 is 5.82 Å². The third-order valence-electron chi connectivity index (χ3n) is 1.63. The van der Waals surface area contributed by atoms with Crippen molar-refractivity contribution in [3.05, 3.63) is 18.2 Å². The summed E-state index contributed by atoms with van der Waals surface area (Å²) in [6, 6.07) is 0. The van der Waals surface area contributed by atoms with Crippen LogP contribution >= 0.6 is 0 Å². The van der Waals surface area contributed by atoms with Crippen molar-refractivity contribution >= 4 is 5.95 Å². The summed E-state index contributed by atoms with van der Waals surface area (Å²) in [6.07, 6.45) is 3.37. The molecule has 0 spiro atoms. The molecule has 0 saturated carbocycles. The van der Waals surface area contributed by atoms with Gasteiger partial charge in [-0.3, -0.25) is 0 Å².